The molecule has 0 aliphatic carbocycles. The normalized spacial score (nSPS) is 11.3. The summed E-state index contributed by atoms with van der Waals surface area (Å²) in [7, 11) is 0. The van der Waals surface area contributed by atoms with Crippen molar-refractivity contribution in [2.45, 2.75) is 26.2 Å². The average molecular weight is 267 g/mol. The first-order valence-electron chi connectivity index (χ1n) is 5.89. The molecule has 1 aromatic rings. The number of para-hydroxylation sites is 1. The number of ether oxygens (including phenoxy) is 1. The number of unbranched alkanes of at least 4 members (excludes halogenated alkanes) is 1. The molecule has 19 heavy (non-hydrogen) atoms. The Hall–Kier alpha value is -2.31. The maximum Gasteiger partial charge on any atom is 0.313 e. The van der Waals surface area contributed by atoms with E-state index < -0.39 is 4.92 Å². The van der Waals surface area contributed by atoms with Crippen LogP contribution in [-0.2, 0) is 0 Å². The van der Waals surface area contributed by atoms with Gasteiger partial charge in [-0.2, -0.15) is 0 Å². The highest BCUT2D eigenvalue weighted by atomic mass is 16.6. The largest absolute Gasteiger partial charge is 0.487 e. The second kappa shape index (κ2) is 7.20. The molecule has 0 aromatic heterocycles. The van der Waals surface area contributed by atoms with Gasteiger partial charge < -0.3 is 15.7 Å². The number of nitro groups is 1. The molecule has 0 atom stereocenters. The summed E-state index contributed by atoms with van der Waals surface area (Å²) in [5, 5.41) is 22.1. The highest BCUT2D eigenvalue weighted by Gasteiger charge is 2.17. The molecule has 0 aliphatic heterocycles. The third kappa shape index (κ3) is 4.46. The number of hydrogen-bond acceptors (Lipinski definition) is 5. The van der Waals surface area contributed by atoms with Gasteiger partial charge >= 0.3 is 5.69 Å². The second-order valence-electron chi connectivity index (χ2n) is 4.08. The van der Waals surface area contributed by atoms with Crippen molar-refractivity contribution in [2.75, 3.05) is 6.61 Å². The van der Waals surface area contributed by atoms with Gasteiger partial charge in [-0.15, -0.1) is 0 Å². The van der Waals surface area contributed by atoms with Crippen LogP contribution < -0.4 is 10.5 Å². The monoisotopic (exact) mass is 267 g/mol. The van der Waals surface area contributed by atoms with Gasteiger partial charge in [0.15, 0.2) is 5.75 Å². The van der Waals surface area contributed by atoms with Gasteiger partial charge in [0.1, 0.15) is 5.84 Å². The van der Waals surface area contributed by atoms with Crippen LogP contribution in [0.4, 0.5) is 5.69 Å². The minimum atomic E-state index is -0.443. The van der Waals surface area contributed by atoms with Crippen molar-refractivity contribution < 1.29 is 14.9 Å². The molecule has 0 unspecified atom stereocenters. The molecule has 0 fully saturated rings. The van der Waals surface area contributed by atoms with E-state index in [2.05, 4.69) is 5.16 Å². The molecule has 1 aromatic carbocycles. The Balaban J connectivity index is 2.50. The molecule has 1 rings (SSSR count). The zero-order valence-corrected chi connectivity index (χ0v) is 10.7. The maximum absolute atomic E-state index is 10.9. The van der Waals surface area contributed by atoms with Crippen molar-refractivity contribution in [2.24, 2.45) is 10.9 Å². The molecule has 0 bridgehead atoms. The van der Waals surface area contributed by atoms with Gasteiger partial charge in [-0.1, -0.05) is 17.3 Å². The number of amidine groups is 1. The summed E-state index contributed by atoms with van der Waals surface area (Å²) in [6, 6.07) is 4.96. The first kappa shape index (κ1) is 14.7. The molecule has 0 spiro atoms. The molecule has 0 aliphatic rings. The van der Waals surface area contributed by atoms with Gasteiger partial charge in [-0.25, -0.2) is 0 Å². The molecule has 0 radical (unpaired) electrons. The van der Waals surface area contributed by atoms with Crippen LogP contribution in [0.1, 0.15) is 24.8 Å². The zero-order chi connectivity index (χ0) is 14.3. The van der Waals surface area contributed by atoms with Crippen LogP contribution in [0.3, 0.4) is 0 Å². The fraction of sp³-hybridized carbons (Fsp3) is 0.417. The topological polar surface area (TPSA) is 111 Å². The molecule has 0 saturated carbocycles. The Morgan fingerprint density at radius 3 is 2.89 bits per heavy atom. The maximum atomic E-state index is 10.9. The quantitative estimate of drug-likeness (QED) is 0.196. The lowest BCUT2D eigenvalue weighted by Gasteiger charge is -2.07. The highest BCUT2D eigenvalue weighted by molar-refractivity contribution is 5.79. The van der Waals surface area contributed by atoms with Crippen LogP contribution >= 0.6 is 0 Å². The number of nitro benzene ring substituents is 1. The first-order valence-corrected chi connectivity index (χ1v) is 5.89. The fourth-order valence-corrected chi connectivity index (χ4v) is 1.62. The molecule has 0 saturated heterocycles. The molecule has 7 heteroatoms. The minimum Gasteiger partial charge on any atom is -0.487 e. The summed E-state index contributed by atoms with van der Waals surface area (Å²) < 4.78 is 5.41. The number of nitrogens with zero attached hydrogens (tertiary/aromatic N) is 2. The van der Waals surface area contributed by atoms with E-state index in [0.29, 0.717) is 31.4 Å². The van der Waals surface area contributed by atoms with E-state index in [1.807, 2.05) is 0 Å². The summed E-state index contributed by atoms with van der Waals surface area (Å²) in [6.07, 6.45) is 1.83. The molecule has 3 N–H and O–H groups in total. The van der Waals surface area contributed by atoms with E-state index in [9.17, 15) is 10.1 Å². The average Bonchev–Trinajstić information content (AvgIpc) is 2.37. The molecular formula is C12H17N3O4. The van der Waals surface area contributed by atoms with Crippen molar-refractivity contribution in [1.29, 1.82) is 0 Å². The summed E-state index contributed by atoms with van der Waals surface area (Å²) in [5.74, 6) is 0.440. The SMILES string of the molecule is Cc1cccc(OCCCC/C(N)=N/O)c1[N+](=O)[O-]. The summed E-state index contributed by atoms with van der Waals surface area (Å²) in [6.45, 7) is 2.02. The van der Waals surface area contributed by atoms with Crippen LogP contribution in [0, 0.1) is 17.0 Å². The number of rotatable bonds is 7. The van der Waals surface area contributed by atoms with Crippen molar-refractivity contribution in [3.05, 3.63) is 33.9 Å². The first-order chi connectivity index (χ1) is 9.06. The lowest BCUT2D eigenvalue weighted by molar-refractivity contribution is -0.386. The van der Waals surface area contributed by atoms with Crippen LogP contribution in [0.15, 0.2) is 23.4 Å². The number of aryl methyl sites for hydroxylation is 1. The third-order valence-corrected chi connectivity index (χ3v) is 2.60. The van der Waals surface area contributed by atoms with Crippen molar-refractivity contribution >= 4 is 11.5 Å². The second-order valence-corrected chi connectivity index (χ2v) is 4.08. The van der Waals surface area contributed by atoms with E-state index in [0.717, 1.165) is 0 Å². The Bertz CT molecular complexity index is 474. The highest BCUT2D eigenvalue weighted by Crippen LogP contribution is 2.30. The summed E-state index contributed by atoms with van der Waals surface area (Å²) in [4.78, 5) is 10.5. The van der Waals surface area contributed by atoms with Crippen LogP contribution in [0.2, 0.25) is 0 Å². The Labute approximate surface area is 110 Å². The summed E-state index contributed by atoms with van der Waals surface area (Å²) in [5.41, 5.74) is 5.89. The molecule has 0 heterocycles. The third-order valence-electron chi connectivity index (χ3n) is 2.60. The number of oxime groups is 1. The van der Waals surface area contributed by atoms with E-state index in [1.54, 1.807) is 25.1 Å². The van der Waals surface area contributed by atoms with Crippen LogP contribution in [0.25, 0.3) is 0 Å². The van der Waals surface area contributed by atoms with Crippen LogP contribution in [0.5, 0.6) is 5.75 Å². The fourth-order valence-electron chi connectivity index (χ4n) is 1.62. The van der Waals surface area contributed by atoms with Gasteiger partial charge in [-0.05, 0) is 25.8 Å². The summed E-state index contributed by atoms with van der Waals surface area (Å²) >= 11 is 0. The Morgan fingerprint density at radius 2 is 2.26 bits per heavy atom. The number of hydrogen-bond donors (Lipinski definition) is 2. The van der Waals surface area contributed by atoms with Crippen molar-refractivity contribution in [3.63, 3.8) is 0 Å². The van der Waals surface area contributed by atoms with Gasteiger partial charge in [0, 0.05) is 12.0 Å². The zero-order valence-electron chi connectivity index (χ0n) is 10.7. The van der Waals surface area contributed by atoms with E-state index in [4.69, 9.17) is 15.7 Å². The molecule has 0 amide bonds. The number of nitrogens with two attached hydrogens (primary N) is 1. The van der Waals surface area contributed by atoms with E-state index in [1.165, 1.54) is 0 Å². The number of benzene rings is 1. The molecule has 104 valence electrons. The predicted molar refractivity (Wildman–Crippen MR) is 70.6 cm³/mol. The predicted octanol–water partition coefficient (Wildman–Crippen LogP) is 2.20. The minimum absolute atomic E-state index is 0.000986. The van der Waals surface area contributed by atoms with E-state index >= 15 is 0 Å². The Kier molecular flexibility index (Phi) is 5.59. The van der Waals surface area contributed by atoms with Crippen molar-refractivity contribution in [3.8, 4) is 5.75 Å². The molecular weight excluding hydrogens is 250 g/mol. The van der Waals surface area contributed by atoms with Crippen LogP contribution in [-0.4, -0.2) is 22.6 Å². The van der Waals surface area contributed by atoms with E-state index in [-0.39, 0.29) is 17.3 Å². The Morgan fingerprint density at radius 1 is 1.53 bits per heavy atom. The molecule has 7 nitrogen and oxygen atoms in total. The van der Waals surface area contributed by atoms with Gasteiger partial charge in [-0.3, -0.25) is 10.1 Å². The van der Waals surface area contributed by atoms with Gasteiger partial charge in [0.25, 0.3) is 0 Å². The lowest BCUT2D eigenvalue weighted by atomic mass is 10.2. The lowest BCUT2D eigenvalue weighted by Crippen LogP contribution is -2.11. The standard InChI is InChI=1S/C12H17N3O4/c1-9-5-4-6-10(12(9)15(17)18)19-8-3-2-7-11(13)14-16/h4-6,16H,2-3,7-8H2,1H3,(H2,13,14). The van der Waals surface area contributed by atoms with Crippen molar-refractivity contribution in [1.82, 2.24) is 0 Å². The smallest absolute Gasteiger partial charge is 0.313 e. The van der Waals surface area contributed by atoms with Gasteiger partial charge in [0.2, 0.25) is 0 Å². The van der Waals surface area contributed by atoms with Gasteiger partial charge in [0.05, 0.1) is 11.5 Å².